The highest BCUT2D eigenvalue weighted by molar-refractivity contribution is 4.84. The van der Waals surface area contributed by atoms with E-state index >= 15 is 0 Å². The standard InChI is InChI=1S/C11H24N2/c1-5-6-10(3)13-8-9(2)12-7-11(13)4/h9-12H,5-8H2,1-4H3. The lowest BCUT2D eigenvalue weighted by atomic mass is 10.1. The molecule has 78 valence electrons. The highest BCUT2D eigenvalue weighted by Crippen LogP contribution is 2.14. The van der Waals surface area contributed by atoms with Gasteiger partial charge in [-0.2, -0.15) is 0 Å². The molecule has 1 aliphatic heterocycles. The Labute approximate surface area is 82.7 Å². The lowest BCUT2D eigenvalue weighted by Crippen LogP contribution is -2.56. The van der Waals surface area contributed by atoms with E-state index in [0.717, 1.165) is 12.6 Å². The van der Waals surface area contributed by atoms with Crippen molar-refractivity contribution < 1.29 is 0 Å². The minimum Gasteiger partial charge on any atom is -0.311 e. The van der Waals surface area contributed by atoms with Gasteiger partial charge in [-0.3, -0.25) is 4.90 Å². The van der Waals surface area contributed by atoms with Crippen molar-refractivity contribution in [3.05, 3.63) is 0 Å². The molecule has 1 saturated heterocycles. The molecule has 2 nitrogen and oxygen atoms in total. The van der Waals surface area contributed by atoms with Crippen molar-refractivity contribution in [2.75, 3.05) is 13.1 Å². The van der Waals surface area contributed by atoms with Crippen LogP contribution in [0.2, 0.25) is 0 Å². The lowest BCUT2D eigenvalue weighted by molar-refractivity contribution is 0.0983. The van der Waals surface area contributed by atoms with Gasteiger partial charge in [-0.25, -0.2) is 0 Å². The summed E-state index contributed by atoms with van der Waals surface area (Å²) in [6.45, 7) is 11.6. The molecule has 13 heavy (non-hydrogen) atoms. The van der Waals surface area contributed by atoms with Gasteiger partial charge in [-0.15, -0.1) is 0 Å². The van der Waals surface area contributed by atoms with Crippen molar-refractivity contribution in [3.63, 3.8) is 0 Å². The first-order valence-electron chi connectivity index (χ1n) is 5.64. The van der Waals surface area contributed by atoms with Crippen molar-refractivity contribution in [2.45, 2.75) is 58.7 Å². The molecule has 3 atom stereocenters. The number of rotatable bonds is 3. The first kappa shape index (κ1) is 11.0. The summed E-state index contributed by atoms with van der Waals surface area (Å²) in [5.74, 6) is 0. The Morgan fingerprint density at radius 1 is 1.46 bits per heavy atom. The summed E-state index contributed by atoms with van der Waals surface area (Å²) in [7, 11) is 0. The Balaban J connectivity index is 2.44. The maximum absolute atomic E-state index is 3.52. The van der Waals surface area contributed by atoms with Crippen LogP contribution in [0.1, 0.15) is 40.5 Å². The summed E-state index contributed by atoms with van der Waals surface area (Å²) in [6, 6.07) is 2.12. The fourth-order valence-corrected chi connectivity index (χ4v) is 2.25. The molecule has 1 rings (SSSR count). The van der Waals surface area contributed by atoms with Gasteiger partial charge in [0.05, 0.1) is 0 Å². The molecular formula is C11H24N2. The fourth-order valence-electron chi connectivity index (χ4n) is 2.25. The third kappa shape index (κ3) is 2.96. The monoisotopic (exact) mass is 184 g/mol. The fraction of sp³-hybridized carbons (Fsp3) is 1.00. The molecular weight excluding hydrogens is 160 g/mol. The summed E-state index contributed by atoms with van der Waals surface area (Å²) < 4.78 is 0. The van der Waals surface area contributed by atoms with Crippen LogP contribution in [-0.4, -0.2) is 36.1 Å². The first-order valence-corrected chi connectivity index (χ1v) is 5.64. The van der Waals surface area contributed by atoms with Gasteiger partial charge in [0.25, 0.3) is 0 Å². The van der Waals surface area contributed by atoms with Crippen LogP contribution in [0, 0.1) is 0 Å². The molecule has 0 aromatic carbocycles. The highest BCUT2D eigenvalue weighted by Gasteiger charge is 2.25. The summed E-state index contributed by atoms with van der Waals surface area (Å²) in [6.07, 6.45) is 2.63. The summed E-state index contributed by atoms with van der Waals surface area (Å²) in [5, 5.41) is 3.52. The zero-order valence-corrected chi connectivity index (χ0v) is 9.51. The van der Waals surface area contributed by atoms with Crippen LogP contribution in [0.4, 0.5) is 0 Å². The first-order chi connectivity index (χ1) is 6.15. The smallest absolute Gasteiger partial charge is 0.0195 e. The zero-order valence-electron chi connectivity index (χ0n) is 9.51. The lowest BCUT2D eigenvalue weighted by Gasteiger charge is -2.41. The Bertz CT molecular complexity index is 147. The van der Waals surface area contributed by atoms with Gasteiger partial charge >= 0.3 is 0 Å². The van der Waals surface area contributed by atoms with E-state index in [0.29, 0.717) is 12.1 Å². The van der Waals surface area contributed by atoms with Gasteiger partial charge in [0, 0.05) is 31.2 Å². The molecule has 1 N–H and O–H groups in total. The van der Waals surface area contributed by atoms with E-state index in [4.69, 9.17) is 0 Å². The predicted octanol–water partition coefficient (Wildman–Crippen LogP) is 1.86. The second kappa shape index (κ2) is 4.97. The Morgan fingerprint density at radius 3 is 2.77 bits per heavy atom. The van der Waals surface area contributed by atoms with E-state index in [2.05, 4.69) is 37.9 Å². The van der Waals surface area contributed by atoms with Crippen LogP contribution < -0.4 is 5.32 Å². The minimum atomic E-state index is 0.663. The van der Waals surface area contributed by atoms with E-state index in [1.54, 1.807) is 0 Å². The van der Waals surface area contributed by atoms with Gasteiger partial charge in [-0.05, 0) is 27.2 Å². The minimum absolute atomic E-state index is 0.663. The Kier molecular flexibility index (Phi) is 4.20. The van der Waals surface area contributed by atoms with Crippen molar-refractivity contribution >= 4 is 0 Å². The molecule has 0 spiro atoms. The number of hydrogen-bond donors (Lipinski definition) is 1. The molecule has 0 aliphatic carbocycles. The molecule has 3 unspecified atom stereocenters. The normalized spacial score (nSPS) is 33.2. The quantitative estimate of drug-likeness (QED) is 0.720. The van der Waals surface area contributed by atoms with Crippen molar-refractivity contribution in [1.82, 2.24) is 10.2 Å². The SMILES string of the molecule is CCCC(C)N1CC(C)NCC1C. The molecule has 0 aromatic rings. The summed E-state index contributed by atoms with van der Waals surface area (Å²) >= 11 is 0. The number of hydrogen-bond acceptors (Lipinski definition) is 2. The van der Waals surface area contributed by atoms with Crippen LogP contribution in [0.25, 0.3) is 0 Å². The van der Waals surface area contributed by atoms with E-state index in [9.17, 15) is 0 Å². The molecule has 2 heteroatoms. The van der Waals surface area contributed by atoms with Gasteiger partial charge in [-0.1, -0.05) is 13.3 Å². The van der Waals surface area contributed by atoms with Crippen molar-refractivity contribution in [2.24, 2.45) is 0 Å². The Morgan fingerprint density at radius 2 is 2.15 bits per heavy atom. The molecule has 1 aliphatic rings. The molecule has 1 fully saturated rings. The predicted molar refractivity (Wildman–Crippen MR) is 58.0 cm³/mol. The van der Waals surface area contributed by atoms with Gasteiger partial charge in [0.1, 0.15) is 0 Å². The molecule has 0 radical (unpaired) electrons. The second-order valence-electron chi connectivity index (χ2n) is 4.49. The van der Waals surface area contributed by atoms with E-state index in [1.165, 1.54) is 19.4 Å². The summed E-state index contributed by atoms with van der Waals surface area (Å²) in [5.41, 5.74) is 0. The van der Waals surface area contributed by atoms with Crippen LogP contribution >= 0.6 is 0 Å². The maximum atomic E-state index is 3.52. The van der Waals surface area contributed by atoms with Crippen molar-refractivity contribution in [1.29, 1.82) is 0 Å². The van der Waals surface area contributed by atoms with Gasteiger partial charge in [0.2, 0.25) is 0 Å². The van der Waals surface area contributed by atoms with Crippen LogP contribution in [0.15, 0.2) is 0 Å². The van der Waals surface area contributed by atoms with Gasteiger partial charge in [0.15, 0.2) is 0 Å². The summed E-state index contributed by atoms with van der Waals surface area (Å²) in [4.78, 5) is 2.64. The van der Waals surface area contributed by atoms with E-state index in [-0.39, 0.29) is 0 Å². The number of piperazine rings is 1. The second-order valence-corrected chi connectivity index (χ2v) is 4.49. The van der Waals surface area contributed by atoms with Gasteiger partial charge < -0.3 is 5.32 Å². The third-order valence-corrected chi connectivity index (χ3v) is 3.09. The number of nitrogens with one attached hydrogen (secondary N) is 1. The van der Waals surface area contributed by atoms with Crippen molar-refractivity contribution in [3.8, 4) is 0 Å². The maximum Gasteiger partial charge on any atom is 0.0195 e. The number of nitrogens with zero attached hydrogens (tertiary/aromatic N) is 1. The average Bonchev–Trinajstić information content (AvgIpc) is 2.09. The molecule has 0 amide bonds. The topological polar surface area (TPSA) is 15.3 Å². The molecule has 0 saturated carbocycles. The average molecular weight is 184 g/mol. The largest absolute Gasteiger partial charge is 0.311 e. The van der Waals surface area contributed by atoms with E-state index in [1.807, 2.05) is 0 Å². The van der Waals surface area contributed by atoms with E-state index < -0.39 is 0 Å². The molecule has 0 aromatic heterocycles. The highest BCUT2D eigenvalue weighted by atomic mass is 15.2. The molecule has 0 bridgehead atoms. The third-order valence-electron chi connectivity index (χ3n) is 3.09. The van der Waals surface area contributed by atoms with Crippen LogP contribution in [0.3, 0.4) is 0 Å². The van der Waals surface area contributed by atoms with Crippen LogP contribution in [-0.2, 0) is 0 Å². The Hall–Kier alpha value is -0.0800. The van der Waals surface area contributed by atoms with Crippen LogP contribution in [0.5, 0.6) is 0 Å². The molecule has 1 heterocycles. The zero-order chi connectivity index (χ0) is 9.84.